The van der Waals surface area contributed by atoms with Crippen molar-refractivity contribution in [1.29, 1.82) is 0 Å². The summed E-state index contributed by atoms with van der Waals surface area (Å²) in [6, 6.07) is 3.30. The van der Waals surface area contributed by atoms with Crippen molar-refractivity contribution < 1.29 is 9.90 Å². The van der Waals surface area contributed by atoms with Gasteiger partial charge in [-0.2, -0.15) is 15.4 Å². The maximum atomic E-state index is 10.8. The second-order valence-electron chi connectivity index (χ2n) is 4.34. The third kappa shape index (κ3) is 2.57. The molecule has 2 aromatic heterocycles. The second kappa shape index (κ2) is 5.34. The Labute approximate surface area is 128 Å². The molecule has 0 aliphatic rings. The average Bonchev–Trinajstić information content (AvgIpc) is 3.04. The summed E-state index contributed by atoms with van der Waals surface area (Å²) < 4.78 is 1.74. The van der Waals surface area contributed by atoms with Crippen molar-refractivity contribution in [3.8, 4) is 11.5 Å². The molecular formula is C12H9Cl2N5O2. The smallest absolute Gasteiger partial charge is 0.305 e. The predicted octanol–water partition coefficient (Wildman–Crippen LogP) is 2.60. The van der Waals surface area contributed by atoms with E-state index in [0.29, 0.717) is 32.6 Å². The number of hydrogen-bond donors (Lipinski definition) is 2. The molecule has 9 heteroatoms. The van der Waals surface area contributed by atoms with Gasteiger partial charge in [0.1, 0.15) is 5.69 Å². The van der Waals surface area contributed by atoms with Gasteiger partial charge >= 0.3 is 5.97 Å². The monoisotopic (exact) mass is 325 g/mol. The molecule has 0 atom stereocenters. The highest BCUT2D eigenvalue weighted by Gasteiger charge is 2.17. The molecule has 2 heterocycles. The molecule has 0 aliphatic heterocycles. The van der Waals surface area contributed by atoms with Crippen LogP contribution in [-0.4, -0.2) is 36.0 Å². The van der Waals surface area contributed by atoms with Crippen LogP contribution in [-0.2, 0) is 11.3 Å². The van der Waals surface area contributed by atoms with Crippen LogP contribution in [0.3, 0.4) is 0 Å². The van der Waals surface area contributed by atoms with E-state index in [-0.39, 0.29) is 13.0 Å². The van der Waals surface area contributed by atoms with Crippen molar-refractivity contribution in [2.45, 2.75) is 13.0 Å². The van der Waals surface area contributed by atoms with Crippen LogP contribution in [0.2, 0.25) is 10.0 Å². The largest absolute Gasteiger partial charge is 0.481 e. The number of halogens is 2. The molecule has 0 radical (unpaired) electrons. The third-order valence-corrected chi connectivity index (χ3v) is 3.71. The lowest BCUT2D eigenvalue weighted by molar-refractivity contribution is -0.137. The topological polar surface area (TPSA) is 96.7 Å². The van der Waals surface area contributed by atoms with E-state index in [1.54, 1.807) is 16.7 Å². The lowest BCUT2D eigenvalue weighted by Gasteiger charge is -2.06. The number of aliphatic carboxylic acids is 1. The summed E-state index contributed by atoms with van der Waals surface area (Å²) in [5.41, 5.74) is 1.83. The minimum atomic E-state index is -0.900. The Morgan fingerprint density at radius 3 is 2.76 bits per heavy atom. The van der Waals surface area contributed by atoms with Crippen molar-refractivity contribution in [2.24, 2.45) is 0 Å². The van der Waals surface area contributed by atoms with E-state index >= 15 is 0 Å². The van der Waals surface area contributed by atoms with Gasteiger partial charge in [0.2, 0.25) is 0 Å². The Morgan fingerprint density at radius 2 is 2.10 bits per heavy atom. The normalized spacial score (nSPS) is 11.1. The van der Waals surface area contributed by atoms with E-state index in [0.717, 1.165) is 0 Å². The SMILES string of the molecule is O=C(O)CCn1c(-c2cn[nH]n2)nc2cc(Cl)c(Cl)cc21. The lowest BCUT2D eigenvalue weighted by Crippen LogP contribution is -2.06. The minimum Gasteiger partial charge on any atom is -0.481 e. The Kier molecular flexibility index (Phi) is 3.52. The molecule has 3 aromatic rings. The highest BCUT2D eigenvalue weighted by atomic mass is 35.5. The van der Waals surface area contributed by atoms with Crippen molar-refractivity contribution in [2.75, 3.05) is 0 Å². The second-order valence-corrected chi connectivity index (χ2v) is 5.16. The lowest BCUT2D eigenvalue weighted by atomic mass is 10.3. The van der Waals surface area contributed by atoms with Gasteiger partial charge in [-0.1, -0.05) is 23.2 Å². The molecule has 0 unspecified atom stereocenters. The number of imidazole rings is 1. The standard InChI is InChI=1S/C12H9Cl2N5O2/c13-6-3-8-10(4-7(6)14)19(2-1-11(20)21)12(16-8)9-5-15-18-17-9/h3-5H,1-2H2,(H,20,21)(H,15,17,18). The van der Waals surface area contributed by atoms with Crippen molar-refractivity contribution in [1.82, 2.24) is 25.0 Å². The van der Waals surface area contributed by atoms with Gasteiger partial charge in [-0.15, -0.1) is 0 Å². The number of fused-ring (bicyclic) bond motifs is 1. The van der Waals surface area contributed by atoms with Crippen molar-refractivity contribution in [3.63, 3.8) is 0 Å². The number of carbonyl (C=O) groups is 1. The number of aromatic nitrogens is 5. The van der Waals surface area contributed by atoms with Gasteiger partial charge in [-0.3, -0.25) is 4.79 Å². The van der Waals surface area contributed by atoms with Gasteiger partial charge in [0.25, 0.3) is 0 Å². The van der Waals surface area contributed by atoms with Crippen molar-refractivity contribution in [3.05, 3.63) is 28.4 Å². The number of carboxylic acid groups (broad SMARTS) is 1. The number of nitrogens with one attached hydrogen (secondary N) is 1. The van der Waals surface area contributed by atoms with E-state index in [4.69, 9.17) is 28.3 Å². The first-order chi connectivity index (χ1) is 10.1. The van der Waals surface area contributed by atoms with Crippen LogP contribution < -0.4 is 0 Å². The van der Waals surface area contributed by atoms with Crippen LogP contribution in [0.15, 0.2) is 18.3 Å². The van der Waals surface area contributed by atoms with Crippen LogP contribution >= 0.6 is 23.2 Å². The van der Waals surface area contributed by atoms with Gasteiger partial charge in [0.05, 0.1) is 33.7 Å². The molecule has 21 heavy (non-hydrogen) atoms. The number of H-pyrrole nitrogens is 1. The quantitative estimate of drug-likeness (QED) is 0.768. The Bertz CT molecular complexity index is 813. The van der Waals surface area contributed by atoms with Gasteiger partial charge in [0, 0.05) is 6.54 Å². The van der Waals surface area contributed by atoms with Crippen LogP contribution in [0.25, 0.3) is 22.6 Å². The molecule has 1 aromatic carbocycles. The number of nitrogens with zero attached hydrogens (tertiary/aromatic N) is 4. The Balaban J connectivity index is 2.20. The van der Waals surface area contributed by atoms with E-state index < -0.39 is 5.97 Å². The molecule has 0 fully saturated rings. The highest BCUT2D eigenvalue weighted by Crippen LogP contribution is 2.30. The predicted molar refractivity (Wildman–Crippen MR) is 77.4 cm³/mol. The van der Waals surface area contributed by atoms with Gasteiger partial charge in [0.15, 0.2) is 5.82 Å². The molecule has 2 N–H and O–H groups in total. The zero-order chi connectivity index (χ0) is 15.0. The number of aromatic amines is 1. The maximum absolute atomic E-state index is 10.8. The van der Waals surface area contributed by atoms with Crippen LogP contribution in [0.5, 0.6) is 0 Å². The zero-order valence-corrected chi connectivity index (χ0v) is 12.1. The van der Waals surface area contributed by atoms with Crippen LogP contribution in [0.1, 0.15) is 6.42 Å². The van der Waals surface area contributed by atoms with Crippen LogP contribution in [0.4, 0.5) is 0 Å². The average molecular weight is 326 g/mol. The molecule has 0 amide bonds. The molecule has 0 bridgehead atoms. The molecule has 7 nitrogen and oxygen atoms in total. The summed E-state index contributed by atoms with van der Waals surface area (Å²) in [5.74, 6) is -0.388. The number of aryl methyl sites for hydroxylation is 1. The molecular weight excluding hydrogens is 317 g/mol. The molecule has 3 rings (SSSR count). The van der Waals surface area contributed by atoms with Crippen LogP contribution in [0, 0.1) is 0 Å². The number of carboxylic acids is 1. The molecule has 0 spiro atoms. The fraction of sp³-hybridized carbons (Fsp3) is 0.167. The number of rotatable bonds is 4. The first kappa shape index (κ1) is 13.8. The molecule has 0 aliphatic carbocycles. The van der Waals surface area contributed by atoms with Crippen molar-refractivity contribution >= 4 is 40.2 Å². The van der Waals surface area contributed by atoms with E-state index in [1.165, 1.54) is 6.20 Å². The summed E-state index contributed by atoms with van der Waals surface area (Å²) >= 11 is 12.0. The van der Waals surface area contributed by atoms with Gasteiger partial charge in [-0.25, -0.2) is 4.98 Å². The third-order valence-electron chi connectivity index (χ3n) is 2.98. The maximum Gasteiger partial charge on any atom is 0.305 e. The first-order valence-electron chi connectivity index (χ1n) is 5.99. The zero-order valence-electron chi connectivity index (χ0n) is 10.5. The highest BCUT2D eigenvalue weighted by molar-refractivity contribution is 6.42. The van der Waals surface area contributed by atoms with Gasteiger partial charge in [-0.05, 0) is 12.1 Å². The fourth-order valence-electron chi connectivity index (χ4n) is 2.06. The number of benzene rings is 1. The fourth-order valence-corrected chi connectivity index (χ4v) is 2.37. The van der Waals surface area contributed by atoms with E-state index in [1.807, 2.05) is 0 Å². The summed E-state index contributed by atoms with van der Waals surface area (Å²) in [6.45, 7) is 0.242. The molecule has 108 valence electrons. The van der Waals surface area contributed by atoms with E-state index in [9.17, 15) is 4.79 Å². The first-order valence-corrected chi connectivity index (χ1v) is 6.75. The summed E-state index contributed by atoms with van der Waals surface area (Å²) in [7, 11) is 0. The molecule has 0 saturated heterocycles. The van der Waals surface area contributed by atoms with E-state index in [2.05, 4.69) is 20.4 Å². The van der Waals surface area contributed by atoms with Gasteiger partial charge < -0.3 is 9.67 Å². The minimum absolute atomic E-state index is 0.0451. The summed E-state index contributed by atoms with van der Waals surface area (Å²) in [4.78, 5) is 15.3. The summed E-state index contributed by atoms with van der Waals surface area (Å²) in [6.07, 6.45) is 1.47. The Hall–Kier alpha value is -2.12. The summed E-state index contributed by atoms with van der Waals surface area (Å²) in [5, 5.41) is 19.9. The molecule has 0 saturated carbocycles. The Morgan fingerprint density at radius 1 is 1.33 bits per heavy atom. The number of hydrogen-bond acceptors (Lipinski definition) is 4.